The first-order chi connectivity index (χ1) is 13.4. The lowest BCUT2D eigenvalue weighted by atomic mass is 10.1. The van der Waals surface area contributed by atoms with Gasteiger partial charge in [-0.1, -0.05) is 29.8 Å². The molecule has 6 nitrogen and oxygen atoms in total. The van der Waals surface area contributed by atoms with Gasteiger partial charge in [-0.2, -0.15) is 0 Å². The Kier molecular flexibility index (Phi) is 5.90. The van der Waals surface area contributed by atoms with Gasteiger partial charge in [0, 0.05) is 28.1 Å². The normalized spacial score (nSPS) is 11.9. The molecule has 0 saturated heterocycles. The summed E-state index contributed by atoms with van der Waals surface area (Å²) in [6.45, 7) is 3.50. The number of hydrogen-bond acceptors (Lipinski definition) is 5. The van der Waals surface area contributed by atoms with Gasteiger partial charge in [-0.3, -0.25) is 4.79 Å². The Morgan fingerprint density at radius 1 is 1.21 bits per heavy atom. The number of furan rings is 1. The summed E-state index contributed by atoms with van der Waals surface area (Å²) in [4.78, 5) is 24.8. The summed E-state index contributed by atoms with van der Waals surface area (Å²) in [6, 6.07) is 12.4. The van der Waals surface area contributed by atoms with Crippen molar-refractivity contribution in [3.8, 4) is 5.75 Å². The van der Waals surface area contributed by atoms with Crippen molar-refractivity contribution in [2.45, 2.75) is 26.5 Å². The largest absolute Gasteiger partial charge is 0.496 e. The van der Waals surface area contributed by atoms with Crippen LogP contribution in [-0.4, -0.2) is 25.1 Å². The SMILES string of the molecule is COc1ccccc1CNC(=O)[C@H](C)OC(=O)c1oc2ccc(Cl)cc2c1C. The van der Waals surface area contributed by atoms with Crippen LogP contribution in [0.5, 0.6) is 5.75 Å². The molecule has 1 N–H and O–H groups in total. The van der Waals surface area contributed by atoms with E-state index in [1.165, 1.54) is 6.92 Å². The molecule has 0 saturated carbocycles. The molecule has 28 heavy (non-hydrogen) atoms. The Balaban J connectivity index is 1.65. The molecule has 1 aromatic heterocycles. The van der Waals surface area contributed by atoms with E-state index in [1.807, 2.05) is 24.3 Å². The van der Waals surface area contributed by atoms with Crippen LogP contribution >= 0.6 is 11.6 Å². The van der Waals surface area contributed by atoms with Crippen molar-refractivity contribution in [2.24, 2.45) is 0 Å². The van der Waals surface area contributed by atoms with Gasteiger partial charge in [0.05, 0.1) is 7.11 Å². The minimum absolute atomic E-state index is 0.0571. The molecule has 0 unspecified atom stereocenters. The number of ether oxygens (including phenoxy) is 2. The lowest BCUT2D eigenvalue weighted by molar-refractivity contribution is -0.129. The van der Waals surface area contributed by atoms with Crippen LogP contribution in [0, 0.1) is 6.92 Å². The minimum atomic E-state index is -0.988. The van der Waals surface area contributed by atoms with Crippen molar-refractivity contribution in [3.05, 3.63) is 64.4 Å². The maximum Gasteiger partial charge on any atom is 0.375 e. The summed E-state index contributed by atoms with van der Waals surface area (Å²) >= 11 is 5.99. The number of benzene rings is 2. The number of rotatable bonds is 6. The van der Waals surface area contributed by atoms with Crippen molar-refractivity contribution in [1.29, 1.82) is 0 Å². The number of amides is 1. The number of carbonyl (C=O) groups excluding carboxylic acids is 2. The van der Waals surface area contributed by atoms with E-state index in [0.29, 0.717) is 21.9 Å². The lowest BCUT2D eigenvalue weighted by Crippen LogP contribution is -2.35. The van der Waals surface area contributed by atoms with E-state index in [0.717, 1.165) is 10.9 Å². The maximum atomic E-state index is 12.5. The van der Waals surface area contributed by atoms with Crippen LogP contribution in [0.15, 0.2) is 46.9 Å². The first kappa shape index (κ1) is 19.8. The summed E-state index contributed by atoms with van der Waals surface area (Å²) < 4.78 is 16.1. The molecule has 2 aromatic carbocycles. The summed E-state index contributed by atoms with van der Waals surface area (Å²) in [7, 11) is 1.56. The molecule has 0 aliphatic carbocycles. The van der Waals surface area contributed by atoms with E-state index in [9.17, 15) is 9.59 Å². The Bertz CT molecular complexity index is 1030. The quantitative estimate of drug-likeness (QED) is 0.624. The van der Waals surface area contributed by atoms with Gasteiger partial charge in [-0.15, -0.1) is 0 Å². The smallest absolute Gasteiger partial charge is 0.375 e. The standard InChI is InChI=1S/C21H20ClNO5/c1-12-16-10-15(22)8-9-18(16)28-19(12)21(25)27-13(2)20(24)23-11-14-6-4-5-7-17(14)26-3/h4-10,13H,11H2,1-3H3,(H,23,24)/t13-/m0/s1. The van der Waals surface area contributed by atoms with Gasteiger partial charge in [0.1, 0.15) is 11.3 Å². The van der Waals surface area contributed by atoms with Crippen LogP contribution in [0.4, 0.5) is 0 Å². The van der Waals surface area contributed by atoms with E-state index >= 15 is 0 Å². The van der Waals surface area contributed by atoms with Gasteiger partial charge in [0.2, 0.25) is 5.76 Å². The van der Waals surface area contributed by atoms with Crippen LogP contribution in [0.3, 0.4) is 0 Å². The van der Waals surface area contributed by atoms with Gasteiger partial charge < -0.3 is 19.2 Å². The second-order valence-corrected chi connectivity index (χ2v) is 6.71. The Morgan fingerprint density at radius 2 is 1.96 bits per heavy atom. The van der Waals surface area contributed by atoms with E-state index in [-0.39, 0.29) is 12.3 Å². The van der Waals surface area contributed by atoms with Gasteiger partial charge in [0.15, 0.2) is 6.10 Å². The lowest BCUT2D eigenvalue weighted by Gasteiger charge is -2.14. The Labute approximate surface area is 167 Å². The highest BCUT2D eigenvalue weighted by atomic mass is 35.5. The van der Waals surface area contributed by atoms with Crippen molar-refractivity contribution in [1.82, 2.24) is 5.32 Å². The molecule has 3 aromatic rings. The van der Waals surface area contributed by atoms with Gasteiger partial charge in [-0.25, -0.2) is 4.79 Å². The highest BCUT2D eigenvalue weighted by Gasteiger charge is 2.24. The highest BCUT2D eigenvalue weighted by Crippen LogP contribution is 2.28. The molecular formula is C21H20ClNO5. The number of fused-ring (bicyclic) bond motifs is 1. The average molecular weight is 402 g/mol. The highest BCUT2D eigenvalue weighted by molar-refractivity contribution is 6.31. The van der Waals surface area contributed by atoms with Crippen LogP contribution in [0.25, 0.3) is 11.0 Å². The average Bonchev–Trinajstić information content (AvgIpc) is 3.02. The molecular weight excluding hydrogens is 382 g/mol. The molecule has 1 heterocycles. The fourth-order valence-electron chi connectivity index (χ4n) is 2.83. The third-order valence-corrected chi connectivity index (χ3v) is 4.62. The van der Waals surface area contributed by atoms with Crippen LogP contribution in [-0.2, 0) is 16.1 Å². The first-order valence-electron chi connectivity index (χ1n) is 8.70. The number of aryl methyl sites for hydroxylation is 1. The van der Waals surface area contributed by atoms with Gasteiger partial charge in [-0.05, 0) is 38.1 Å². The van der Waals surface area contributed by atoms with Crippen LogP contribution in [0.2, 0.25) is 5.02 Å². The number of para-hydroxylation sites is 1. The molecule has 0 spiro atoms. The summed E-state index contributed by atoms with van der Waals surface area (Å²) in [5.41, 5.74) is 1.97. The van der Waals surface area contributed by atoms with Crippen molar-refractivity contribution < 1.29 is 23.5 Å². The van der Waals surface area contributed by atoms with Crippen LogP contribution in [0.1, 0.15) is 28.6 Å². The number of nitrogens with one attached hydrogen (secondary N) is 1. The second kappa shape index (κ2) is 8.35. The molecule has 146 valence electrons. The molecule has 7 heteroatoms. The molecule has 1 amide bonds. The molecule has 3 rings (SSSR count). The van der Waals surface area contributed by atoms with E-state index in [4.69, 9.17) is 25.5 Å². The predicted octanol–water partition coefficient (Wildman–Crippen LogP) is 4.26. The third-order valence-electron chi connectivity index (χ3n) is 4.38. The fourth-order valence-corrected chi connectivity index (χ4v) is 3.00. The first-order valence-corrected chi connectivity index (χ1v) is 9.07. The van der Waals surface area contributed by atoms with E-state index in [1.54, 1.807) is 32.2 Å². The zero-order chi connectivity index (χ0) is 20.3. The number of methoxy groups -OCH3 is 1. The number of carbonyl (C=O) groups is 2. The molecule has 0 aliphatic heterocycles. The Hall–Kier alpha value is -2.99. The van der Waals surface area contributed by atoms with Crippen molar-refractivity contribution in [3.63, 3.8) is 0 Å². The molecule has 0 fully saturated rings. The third kappa shape index (κ3) is 4.12. The molecule has 0 bridgehead atoms. The topological polar surface area (TPSA) is 77.8 Å². The maximum absolute atomic E-state index is 12.5. The molecule has 1 atom stereocenters. The molecule has 0 radical (unpaired) electrons. The van der Waals surface area contributed by atoms with E-state index < -0.39 is 18.0 Å². The van der Waals surface area contributed by atoms with Gasteiger partial charge >= 0.3 is 5.97 Å². The predicted molar refractivity (Wildman–Crippen MR) is 106 cm³/mol. The zero-order valence-electron chi connectivity index (χ0n) is 15.7. The Morgan fingerprint density at radius 3 is 2.71 bits per heavy atom. The molecule has 0 aliphatic rings. The summed E-state index contributed by atoms with van der Waals surface area (Å²) in [5.74, 6) is -0.397. The summed E-state index contributed by atoms with van der Waals surface area (Å²) in [5, 5.41) is 4.01. The monoisotopic (exact) mass is 401 g/mol. The number of hydrogen-bond donors (Lipinski definition) is 1. The minimum Gasteiger partial charge on any atom is -0.496 e. The van der Waals surface area contributed by atoms with Crippen LogP contribution < -0.4 is 10.1 Å². The van der Waals surface area contributed by atoms with Crippen molar-refractivity contribution >= 4 is 34.4 Å². The van der Waals surface area contributed by atoms with Crippen molar-refractivity contribution in [2.75, 3.05) is 7.11 Å². The fraction of sp³-hybridized carbons (Fsp3) is 0.238. The van der Waals surface area contributed by atoms with E-state index in [2.05, 4.69) is 5.32 Å². The zero-order valence-corrected chi connectivity index (χ0v) is 16.5. The van der Waals surface area contributed by atoms with Gasteiger partial charge in [0.25, 0.3) is 5.91 Å². The second-order valence-electron chi connectivity index (χ2n) is 6.27. The number of halogens is 1. The summed E-state index contributed by atoms with van der Waals surface area (Å²) in [6.07, 6.45) is -0.988. The number of esters is 1.